The highest BCUT2D eigenvalue weighted by Gasteiger charge is 2.09. The van der Waals surface area contributed by atoms with Crippen molar-refractivity contribution in [3.8, 4) is 0 Å². The Balaban J connectivity index is 2.73. The van der Waals surface area contributed by atoms with Gasteiger partial charge in [0.15, 0.2) is 0 Å². The van der Waals surface area contributed by atoms with Gasteiger partial charge in [0.2, 0.25) is 0 Å². The van der Waals surface area contributed by atoms with E-state index in [0.29, 0.717) is 21.2 Å². The molecule has 0 atom stereocenters. The van der Waals surface area contributed by atoms with Crippen molar-refractivity contribution in [1.29, 1.82) is 0 Å². The number of rotatable bonds is 2. The normalized spacial score (nSPS) is 10.9. The molecule has 0 spiro atoms. The molecule has 0 unspecified atom stereocenters. The smallest absolute Gasteiger partial charge is 0.0927 e. The average Bonchev–Trinajstić information content (AvgIpc) is 2.25. The molecule has 1 aromatic heterocycles. The lowest BCUT2D eigenvalue weighted by atomic mass is 10.1. The molecule has 0 bridgehead atoms. The van der Waals surface area contributed by atoms with E-state index < -0.39 is 0 Å². The maximum Gasteiger partial charge on any atom is 0.0927 e. The Bertz CT molecular complexity index is 538. The number of nitrogens with zero attached hydrogens (tertiary/aromatic N) is 1. The minimum atomic E-state index is 0.476. The molecule has 84 valence electrons. The topological polar surface area (TPSA) is 38.9 Å². The van der Waals surface area contributed by atoms with E-state index in [0.717, 1.165) is 23.9 Å². The Morgan fingerprint density at radius 2 is 2.06 bits per heavy atom. The lowest BCUT2D eigenvalue weighted by molar-refractivity contribution is 0.890. The van der Waals surface area contributed by atoms with Crippen molar-refractivity contribution in [3.05, 3.63) is 33.9 Å². The van der Waals surface area contributed by atoms with Gasteiger partial charge in [-0.3, -0.25) is 4.98 Å². The van der Waals surface area contributed by atoms with Gasteiger partial charge in [-0.05, 0) is 24.6 Å². The van der Waals surface area contributed by atoms with Gasteiger partial charge in [0.1, 0.15) is 0 Å². The second-order valence-electron chi connectivity index (χ2n) is 3.71. The lowest BCUT2D eigenvalue weighted by Crippen LogP contribution is -1.96. The monoisotopic (exact) mass is 254 g/mol. The van der Waals surface area contributed by atoms with Gasteiger partial charge < -0.3 is 5.73 Å². The van der Waals surface area contributed by atoms with Crippen LogP contribution in [-0.4, -0.2) is 4.98 Å². The van der Waals surface area contributed by atoms with Crippen LogP contribution in [0.2, 0.25) is 10.0 Å². The van der Waals surface area contributed by atoms with E-state index in [4.69, 9.17) is 28.9 Å². The number of nitrogen functional groups attached to an aromatic ring is 1. The summed E-state index contributed by atoms with van der Waals surface area (Å²) in [6, 6.07) is 5.49. The van der Waals surface area contributed by atoms with Gasteiger partial charge in [0.05, 0.1) is 15.6 Å². The molecule has 0 aliphatic rings. The van der Waals surface area contributed by atoms with Gasteiger partial charge in [-0.15, -0.1) is 0 Å². The Kier molecular flexibility index (Phi) is 3.22. The number of fused-ring (bicyclic) bond motifs is 1. The Hall–Kier alpha value is -0.990. The fourth-order valence-corrected chi connectivity index (χ4v) is 2.06. The second kappa shape index (κ2) is 4.48. The number of pyridine rings is 1. The first kappa shape index (κ1) is 11.5. The molecule has 2 nitrogen and oxygen atoms in total. The number of hydrogen-bond donors (Lipinski definition) is 1. The molecule has 0 fully saturated rings. The molecule has 2 aromatic rings. The van der Waals surface area contributed by atoms with Crippen LogP contribution in [0.25, 0.3) is 10.9 Å². The molecule has 16 heavy (non-hydrogen) atoms. The zero-order chi connectivity index (χ0) is 11.7. The first-order valence-corrected chi connectivity index (χ1v) is 5.92. The summed E-state index contributed by atoms with van der Waals surface area (Å²) in [5.74, 6) is 0. The molecule has 0 aliphatic carbocycles. The van der Waals surface area contributed by atoms with Crippen molar-refractivity contribution in [3.63, 3.8) is 0 Å². The molecule has 0 saturated carbocycles. The van der Waals surface area contributed by atoms with Crippen LogP contribution in [-0.2, 0) is 6.42 Å². The summed E-state index contributed by atoms with van der Waals surface area (Å²) in [6.07, 6.45) is 1.92. The summed E-state index contributed by atoms with van der Waals surface area (Å²) < 4.78 is 0. The minimum absolute atomic E-state index is 0.476. The number of anilines is 1. The molecule has 0 radical (unpaired) electrons. The fraction of sp³-hybridized carbons (Fsp3) is 0.250. The number of halogens is 2. The van der Waals surface area contributed by atoms with Gasteiger partial charge in [0.25, 0.3) is 0 Å². The van der Waals surface area contributed by atoms with Crippen molar-refractivity contribution >= 4 is 39.8 Å². The molecule has 1 aromatic carbocycles. The van der Waals surface area contributed by atoms with E-state index in [1.165, 1.54) is 0 Å². The molecule has 4 heteroatoms. The van der Waals surface area contributed by atoms with Gasteiger partial charge in [-0.2, -0.15) is 0 Å². The highest BCUT2D eigenvalue weighted by atomic mass is 35.5. The molecule has 0 aliphatic heterocycles. The zero-order valence-electron chi connectivity index (χ0n) is 8.93. The summed E-state index contributed by atoms with van der Waals surface area (Å²) in [5, 5.41) is 1.84. The molecule has 0 amide bonds. The Labute approximate surface area is 104 Å². The number of aromatic nitrogens is 1. The summed E-state index contributed by atoms with van der Waals surface area (Å²) in [4.78, 5) is 4.49. The Morgan fingerprint density at radius 3 is 2.75 bits per heavy atom. The van der Waals surface area contributed by atoms with Gasteiger partial charge in [-0.25, -0.2) is 0 Å². The third kappa shape index (κ3) is 1.95. The van der Waals surface area contributed by atoms with E-state index in [-0.39, 0.29) is 0 Å². The molecule has 2 N–H and O–H groups in total. The van der Waals surface area contributed by atoms with Crippen LogP contribution in [0, 0.1) is 0 Å². The van der Waals surface area contributed by atoms with Crippen molar-refractivity contribution in [2.45, 2.75) is 19.8 Å². The quantitative estimate of drug-likeness (QED) is 0.878. The van der Waals surface area contributed by atoms with Gasteiger partial charge >= 0.3 is 0 Å². The maximum absolute atomic E-state index is 6.12. The summed E-state index contributed by atoms with van der Waals surface area (Å²) in [6.45, 7) is 2.10. The second-order valence-corrected chi connectivity index (χ2v) is 4.50. The van der Waals surface area contributed by atoms with E-state index in [1.54, 1.807) is 6.07 Å². The third-order valence-corrected chi connectivity index (χ3v) is 3.26. The van der Waals surface area contributed by atoms with Crippen LogP contribution in [0.3, 0.4) is 0 Å². The summed E-state index contributed by atoms with van der Waals surface area (Å²) >= 11 is 12.1. The van der Waals surface area contributed by atoms with Gasteiger partial charge in [0, 0.05) is 16.8 Å². The highest BCUT2D eigenvalue weighted by Crippen LogP contribution is 2.32. The first-order valence-electron chi connectivity index (χ1n) is 5.16. The summed E-state index contributed by atoms with van der Waals surface area (Å²) in [5.41, 5.74) is 8.31. The lowest BCUT2D eigenvalue weighted by Gasteiger charge is -2.07. The first-order chi connectivity index (χ1) is 7.63. The number of benzene rings is 1. The van der Waals surface area contributed by atoms with Crippen LogP contribution >= 0.6 is 23.2 Å². The van der Waals surface area contributed by atoms with Crippen LogP contribution < -0.4 is 5.73 Å². The number of aryl methyl sites for hydroxylation is 1. The van der Waals surface area contributed by atoms with Crippen molar-refractivity contribution in [1.82, 2.24) is 4.98 Å². The van der Waals surface area contributed by atoms with Crippen LogP contribution in [0.1, 0.15) is 19.0 Å². The molecular formula is C12H12Cl2N2. The molecule has 1 heterocycles. The SMILES string of the molecule is CCCc1cc(N)c2ccc(Cl)c(Cl)c2n1. The van der Waals surface area contributed by atoms with E-state index in [9.17, 15) is 0 Å². The molecule has 2 rings (SSSR count). The predicted molar refractivity (Wildman–Crippen MR) is 70.2 cm³/mol. The zero-order valence-corrected chi connectivity index (χ0v) is 10.4. The largest absolute Gasteiger partial charge is 0.398 e. The van der Waals surface area contributed by atoms with E-state index in [2.05, 4.69) is 11.9 Å². The highest BCUT2D eigenvalue weighted by molar-refractivity contribution is 6.45. The summed E-state index contributed by atoms with van der Waals surface area (Å²) in [7, 11) is 0. The van der Waals surface area contributed by atoms with Crippen molar-refractivity contribution < 1.29 is 0 Å². The molecule has 0 saturated heterocycles. The van der Waals surface area contributed by atoms with Crippen LogP contribution in [0.15, 0.2) is 18.2 Å². The van der Waals surface area contributed by atoms with E-state index >= 15 is 0 Å². The minimum Gasteiger partial charge on any atom is -0.398 e. The predicted octanol–water partition coefficient (Wildman–Crippen LogP) is 4.08. The average molecular weight is 255 g/mol. The maximum atomic E-state index is 6.12. The number of hydrogen-bond acceptors (Lipinski definition) is 2. The van der Waals surface area contributed by atoms with E-state index in [1.807, 2.05) is 12.1 Å². The van der Waals surface area contributed by atoms with Crippen LogP contribution in [0.4, 0.5) is 5.69 Å². The van der Waals surface area contributed by atoms with Crippen molar-refractivity contribution in [2.24, 2.45) is 0 Å². The Morgan fingerprint density at radius 1 is 1.31 bits per heavy atom. The van der Waals surface area contributed by atoms with Crippen molar-refractivity contribution in [2.75, 3.05) is 5.73 Å². The van der Waals surface area contributed by atoms with Gasteiger partial charge in [-0.1, -0.05) is 36.5 Å². The third-order valence-electron chi connectivity index (χ3n) is 2.46. The fourth-order valence-electron chi connectivity index (χ4n) is 1.70. The standard InChI is InChI=1S/C12H12Cl2N2/c1-2-3-7-6-10(15)8-4-5-9(13)11(14)12(8)16-7/h4-6H,2-3H2,1H3,(H2,15,16). The number of nitrogens with two attached hydrogens (primary N) is 1. The van der Waals surface area contributed by atoms with Crippen LogP contribution in [0.5, 0.6) is 0 Å². The molecular weight excluding hydrogens is 243 g/mol.